The van der Waals surface area contributed by atoms with Crippen molar-refractivity contribution < 1.29 is 9.66 Å². The number of ether oxygens (including phenoxy) is 1. The molecule has 1 heterocycles. The van der Waals surface area contributed by atoms with Crippen LogP contribution in [0.4, 0.5) is 5.69 Å². The lowest BCUT2D eigenvalue weighted by Gasteiger charge is -2.19. The highest BCUT2D eigenvalue weighted by Gasteiger charge is 2.23. The molecule has 0 bridgehead atoms. The number of benzene rings is 2. The highest BCUT2D eigenvalue weighted by molar-refractivity contribution is 9.10. The van der Waals surface area contributed by atoms with Gasteiger partial charge in [-0.25, -0.2) is 4.98 Å². The lowest BCUT2D eigenvalue weighted by atomic mass is 9.99. The van der Waals surface area contributed by atoms with Gasteiger partial charge in [0.05, 0.1) is 33.7 Å². The van der Waals surface area contributed by atoms with E-state index in [2.05, 4.69) is 26.0 Å². The average Bonchev–Trinajstić information content (AvgIpc) is 2.76. The van der Waals surface area contributed by atoms with E-state index in [1.54, 1.807) is 12.1 Å². The minimum absolute atomic E-state index is 0.00780. The number of fused-ring (bicyclic) bond motifs is 1. The number of halogens is 2. The highest BCUT2D eigenvalue weighted by atomic mass is 79.9. The second-order valence-corrected chi connectivity index (χ2v) is 10.6. The summed E-state index contributed by atoms with van der Waals surface area (Å²) < 4.78 is 7.66. The fourth-order valence-corrected chi connectivity index (χ4v) is 3.78. The smallest absolute Gasteiger partial charge is 0.313 e. The lowest BCUT2D eigenvalue weighted by molar-refractivity contribution is -0.385. The molecule has 0 saturated carbocycles. The third kappa shape index (κ3) is 5.82. The van der Waals surface area contributed by atoms with E-state index < -0.39 is 4.92 Å². The van der Waals surface area contributed by atoms with Crippen molar-refractivity contribution in [2.75, 3.05) is 6.61 Å². The molecule has 0 radical (unpaired) electrons. The maximum absolute atomic E-state index is 13.3. The van der Waals surface area contributed by atoms with Crippen molar-refractivity contribution in [1.29, 1.82) is 0 Å². The van der Waals surface area contributed by atoms with Crippen LogP contribution in [0.15, 0.2) is 44.7 Å². The van der Waals surface area contributed by atoms with Gasteiger partial charge < -0.3 is 4.74 Å². The fraction of sp³-hybridized carbons (Fsp3) is 0.375. The van der Waals surface area contributed by atoms with Gasteiger partial charge in [-0.1, -0.05) is 62.1 Å². The van der Waals surface area contributed by atoms with Crippen LogP contribution in [0.2, 0.25) is 5.02 Å². The minimum Gasteiger partial charge on any atom is -0.485 e. The number of rotatable bonds is 7. The molecule has 0 amide bonds. The maximum atomic E-state index is 13.3. The normalized spacial score (nSPS) is 12.9. The summed E-state index contributed by atoms with van der Waals surface area (Å²) in [4.78, 5) is 29.1. The number of nitro groups is 1. The van der Waals surface area contributed by atoms with E-state index in [1.807, 2.05) is 40.7 Å². The molecule has 0 aliphatic carbocycles. The summed E-state index contributed by atoms with van der Waals surface area (Å²) in [5.74, 6) is 0.474. The van der Waals surface area contributed by atoms with Gasteiger partial charge in [0.25, 0.3) is 5.56 Å². The Kier molecular flexibility index (Phi) is 7.77. The van der Waals surface area contributed by atoms with Gasteiger partial charge in [0.2, 0.25) is 5.75 Å². The zero-order valence-electron chi connectivity index (χ0n) is 19.6. The van der Waals surface area contributed by atoms with Crippen LogP contribution in [0.25, 0.3) is 10.9 Å². The molecule has 0 aliphatic heterocycles. The average molecular weight is 550 g/mol. The molecule has 0 unspecified atom stereocenters. The first-order chi connectivity index (χ1) is 15.9. The molecule has 0 saturated heterocycles. The topological polar surface area (TPSA) is 99.6 Å². The number of aromatic nitrogens is 2. The number of nitrogens with zero attached hydrogens (tertiary/aromatic N) is 4. The molecule has 1 aromatic heterocycles. The standard InChI is InChI=1S/C24H26BrClN4O4/c1-6-14(2)22-28-19-8-7-16(25)11-17(19)23(31)29(22)27-12-15-9-18(26)21(20(10-15)30(32)33)34-13-24(3,4)5/h7-12,14H,6,13H2,1-5H3/t14-/m0/s1. The van der Waals surface area contributed by atoms with E-state index in [-0.39, 0.29) is 40.0 Å². The van der Waals surface area contributed by atoms with Crippen LogP contribution >= 0.6 is 27.5 Å². The molecule has 34 heavy (non-hydrogen) atoms. The van der Waals surface area contributed by atoms with E-state index >= 15 is 0 Å². The van der Waals surface area contributed by atoms with E-state index in [9.17, 15) is 14.9 Å². The van der Waals surface area contributed by atoms with Crippen molar-refractivity contribution in [3.8, 4) is 5.75 Å². The van der Waals surface area contributed by atoms with Gasteiger partial charge in [-0.3, -0.25) is 14.9 Å². The van der Waals surface area contributed by atoms with Crippen molar-refractivity contribution in [1.82, 2.24) is 9.66 Å². The van der Waals surface area contributed by atoms with Crippen LogP contribution in [0, 0.1) is 15.5 Å². The van der Waals surface area contributed by atoms with Crippen molar-refractivity contribution in [3.63, 3.8) is 0 Å². The van der Waals surface area contributed by atoms with E-state index in [1.165, 1.54) is 23.0 Å². The van der Waals surface area contributed by atoms with Crippen LogP contribution in [0.3, 0.4) is 0 Å². The molecule has 8 nitrogen and oxygen atoms in total. The molecule has 3 rings (SSSR count). The summed E-state index contributed by atoms with van der Waals surface area (Å²) in [6.45, 7) is 10.1. The molecule has 180 valence electrons. The Labute approximate surface area is 210 Å². The molecule has 0 fully saturated rings. The lowest BCUT2D eigenvalue weighted by Crippen LogP contribution is -2.23. The van der Waals surface area contributed by atoms with Gasteiger partial charge in [-0.2, -0.15) is 9.78 Å². The summed E-state index contributed by atoms with van der Waals surface area (Å²) in [6, 6.07) is 8.15. The first-order valence-corrected chi connectivity index (χ1v) is 12.0. The zero-order chi connectivity index (χ0) is 25.2. The zero-order valence-corrected chi connectivity index (χ0v) is 22.0. The molecular weight excluding hydrogens is 524 g/mol. The first kappa shape index (κ1) is 25.8. The van der Waals surface area contributed by atoms with Gasteiger partial charge in [-0.15, -0.1) is 0 Å². The summed E-state index contributed by atoms with van der Waals surface area (Å²) >= 11 is 9.73. The number of hydrogen-bond donors (Lipinski definition) is 0. The molecule has 1 atom stereocenters. The van der Waals surface area contributed by atoms with Gasteiger partial charge >= 0.3 is 5.69 Å². The second kappa shape index (κ2) is 10.2. The Morgan fingerprint density at radius 3 is 2.65 bits per heavy atom. The Morgan fingerprint density at radius 1 is 1.32 bits per heavy atom. The van der Waals surface area contributed by atoms with Gasteiger partial charge in [0.15, 0.2) is 0 Å². The highest BCUT2D eigenvalue weighted by Crippen LogP contribution is 2.37. The maximum Gasteiger partial charge on any atom is 0.313 e. The Morgan fingerprint density at radius 2 is 2.03 bits per heavy atom. The molecule has 2 aromatic carbocycles. The van der Waals surface area contributed by atoms with Crippen LogP contribution in [-0.4, -0.2) is 27.4 Å². The Bertz CT molecular complexity index is 1330. The quantitative estimate of drug-likeness (QED) is 0.189. The number of nitro benzene ring substituents is 1. The minimum atomic E-state index is -0.549. The predicted molar refractivity (Wildman–Crippen MR) is 138 cm³/mol. The monoisotopic (exact) mass is 548 g/mol. The third-order valence-electron chi connectivity index (χ3n) is 5.10. The van der Waals surface area contributed by atoms with Gasteiger partial charge in [0, 0.05) is 22.0 Å². The SMILES string of the molecule is CC[C@H](C)c1nc2ccc(Br)cc2c(=O)n1N=Cc1cc(Cl)c(OCC(C)(C)C)c([N+](=O)[O-])c1. The summed E-state index contributed by atoms with van der Waals surface area (Å²) in [5.41, 5.74) is 0.130. The van der Waals surface area contributed by atoms with Crippen molar-refractivity contribution in [2.45, 2.75) is 47.0 Å². The molecular formula is C24H26BrClN4O4. The summed E-state index contributed by atoms with van der Waals surface area (Å²) in [6.07, 6.45) is 2.12. The third-order valence-corrected chi connectivity index (χ3v) is 5.88. The summed E-state index contributed by atoms with van der Waals surface area (Å²) in [7, 11) is 0. The van der Waals surface area contributed by atoms with Gasteiger partial charge in [0.1, 0.15) is 5.82 Å². The first-order valence-electron chi connectivity index (χ1n) is 10.8. The molecule has 3 aromatic rings. The van der Waals surface area contributed by atoms with E-state index in [4.69, 9.17) is 16.3 Å². The van der Waals surface area contributed by atoms with Crippen LogP contribution in [0.5, 0.6) is 5.75 Å². The number of hydrogen-bond acceptors (Lipinski definition) is 6. The van der Waals surface area contributed by atoms with Crippen molar-refractivity contribution in [2.24, 2.45) is 10.5 Å². The van der Waals surface area contributed by atoms with E-state index in [0.717, 1.165) is 10.9 Å². The molecule has 0 aliphatic rings. The van der Waals surface area contributed by atoms with Crippen LogP contribution in [0.1, 0.15) is 58.3 Å². The van der Waals surface area contributed by atoms with Crippen molar-refractivity contribution in [3.05, 3.63) is 71.7 Å². The van der Waals surface area contributed by atoms with Crippen molar-refractivity contribution >= 4 is 50.3 Å². The Balaban J connectivity index is 2.11. The Hall–Kier alpha value is -2.78. The van der Waals surface area contributed by atoms with Gasteiger partial charge in [-0.05, 0) is 36.1 Å². The van der Waals surface area contributed by atoms with E-state index in [0.29, 0.717) is 22.3 Å². The molecule has 0 N–H and O–H groups in total. The summed E-state index contributed by atoms with van der Waals surface area (Å²) in [5, 5.41) is 16.6. The van der Waals surface area contributed by atoms with Crippen LogP contribution in [-0.2, 0) is 0 Å². The molecule has 10 heteroatoms. The van der Waals surface area contributed by atoms with Crippen LogP contribution < -0.4 is 10.3 Å². The molecule has 0 spiro atoms. The predicted octanol–water partition coefficient (Wildman–Crippen LogP) is 6.54. The second-order valence-electron chi connectivity index (χ2n) is 9.26. The largest absolute Gasteiger partial charge is 0.485 e. The fourth-order valence-electron chi connectivity index (χ4n) is 3.14.